The van der Waals surface area contributed by atoms with Crippen LogP contribution in [0.5, 0.6) is 5.75 Å². The lowest BCUT2D eigenvalue weighted by molar-refractivity contribution is -0.105. The fraction of sp³-hybridized carbons (Fsp3) is 0.333. The lowest BCUT2D eigenvalue weighted by Gasteiger charge is -2.35. The standard InChI is InChI=1S/C18H20F2N4O2/c19-18(20)26-16-4-1-14(2-5-16)12-23-7-9-24(10-8-23)17-6-3-15(11-21-17)22-13-25/h1-6,11,13,18H,7-10,12H2,(H,22,25). The number of halogens is 2. The van der Waals surface area contributed by atoms with Gasteiger partial charge in [0.2, 0.25) is 6.41 Å². The van der Waals surface area contributed by atoms with Crippen LogP contribution in [-0.4, -0.2) is 49.1 Å². The van der Waals surface area contributed by atoms with Crippen LogP contribution in [0.4, 0.5) is 20.3 Å². The highest BCUT2D eigenvalue weighted by atomic mass is 19.3. The summed E-state index contributed by atoms with van der Waals surface area (Å²) in [5.41, 5.74) is 1.73. The average Bonchev–Trinajstić information content (AvgIpc) is 2.65. The number of aromatic nitrogens is 1. The molecule has 1 aromatic carbocycles. The molecule has 1 aromatic heterocycles. The van der Waals surface area contributed by atoms with Crippen LogP contribution in [0.15, 0.2) is 42.6 Å². The molecule has 1 aliphatic rings. The molecule has 0 atom stereocenters. The van der Waals surface area contributed by atoms with Crippen molar-refractivity contribution in [2.24, 2.45) is 0 Å². The molecule has 8 heteroatoms. The largest absolute Gasteiger partial charge is 0.435 e. The van der Waals surface area contributed by atoms with Gasteiger partial charge in [0.05, 0.1) is 11.9 Å². The third-order valence-electron chi connectivity index (χ3n) is 4.22. The van der Waals surface area contributed by atoms with Crippen molar-refractivity contribution in [2.45, 2.75) is 13.2 Å². The molecule has 0 spiro atoms. The first-order valence-corrected chi connectivity index (χ1v) is 8.31. The van der Waals surface area contributed by atoms with E-state index in [0.29, 0.717) is 12.1 Å². The predicted octanol–water partition coefficient (Wildman–Crippen LogP) is 2.57. The first-order valence-electron chi connectivity index (χ1n) is 8.31. The van der Waals surface area contributed by atoms with Crippen LogP contribution < -0.4 is 15.0 Å². The van der Waals surface area contributed by atoms with E-state index in [0.717, 1.165) is 44.1 Å². The monoisotopic (exact) mass is 362 g/mol. The van der Waals surface area contributed by atoms with Crippen molar-refractivity contribution >= 4 is 17.9 Å². The normalized spacial score (nSPS) is 15.1. The Bertz CT molecular complexity index is 702. The Hall–Kier alpha value is -2.74. The summed E-state index contributed by atoms with van der Waals surface area (Å²) in [5.74, 6) is 1.06. The van der Waals surface area contributed by atoms with Crippen molar-refractivity contribution in [3.63, 3.8) is 0 Å². The van der Waals surface area contributed by atoms with Crippen molar-refractivity contribution in [3.8, 4) is 5.75 Å². The van der Waals surface area contributed by atoms with Crippen LogP contribution in [0.25, 0.3) is 0 Å². The van der Waals surface area contributed by atoms with Gasteiger partial charge in [0.15, 0.2) is 0 Å². The lowest BCUT2D eigenvalue weighted by Crippen LogP contribution is -2.46. The number of alkyl halides is 2. The van der Waals surface area contributed by atoms with E-state index in [1.807, 2.05) is 24.3 Å². The maximum atomic E-state index is 12.2. The fourth-order valence-corrected chi connectivity index (χ4v) is 2.90. The molecule has 0 bridgehead atoms. The van der Waals surface area contributed by atoms with Crippen LogP contribution in [0.2, 0.25) is 0 Å². The molecule has 0 aliphatic carbocycles. The van der Waals surface area contributed by atoms with Gasteiger partial charge in [0, 0.05) is 32.7 Å². The van der Waals surface area contributed by atoms with Crippen LogP contribution in [0, 0.1) is 0 Å². The molecule has 0 radical (unpaired) electrons. The zero-order chi connectivity index (χ0) is 18.4. The van der Waals surface area contributed by atoms with Crippen molar-refractivity contribution in [1.82, 2.24) is 9.88 Å². The highest BCUT2D eigenvalue weighted by molar-refractivity contribution is 5.71. The second kappa shape index (κ2) is 8.57. The topological polar surface area (TPSA) is 57.7 Å². The highest BCUT2D eigenvalue weighted by Crippen LogP contribution is 2.19. The number of rotatable bonds is 7. The SMILES string of the molecule is O=CNc1ccc(N2CCN(Cc3ccc(OC(F)F)cc3)CC2)nc1. The van der Waals surface area contributed by atoms with E-state index in [4.69, 9.17) is 0 Å². The minimum absolute atomic E-state index is 0.173. The third kappa shape index (κ3) is 4.89. The summed E-state index contributed by atoms with van der Waals surface area (Å²) in [7, 11) is 0. The Morgan fingerprint density at radius 3 is 2.42 bits per heavy atom. The maximum Gasteiger partial charge on any atom is 0.387 e. The van der Waals surface area contributed by atoms with Crippen molar-refractivity contribution < 1.29 is 18.3 Å². The minimum atomic E-state index is -2.80. The fourth-order valence-electron chi connectivity index (χ4n) is 2.90. The van der Waals surface area contributed by atoms with Gasteiger partial charge in [0.1, 0.15) is 11.6 Å². The Morgan fingerprint density at radius 2 is 1.85 bits per heavy atom. The Kier molecular flexibility index (Phi) is 5.96. The number of piperazine rings is 1. The molecular weight excluding hydrogens is 342 g/mol. The molecule has 138 valence electrons. The van der Waals surface area contributed by atoms with Gasteiger partial charge in [-0.3, -0.25) is 9.69 Å². The smallest absolute Gasteiger partial charge is 0.387 e. The molecule has 2 aromatic rings. The van der Waals surface area contributed by atoms with Crippen molar-refractivity contribution in [1.29, 1.82) is 0 Å². The van der Waals surface area contributed by atoms with Gasteiger partial charge >= 0.3 is 6.61 Å². The van der Waals surface area contributed by atoms with E-state index in [-0.39, 0.29) is 5.75 Å². The number of benzene rings is 1. The van der Waals surface area contributed by atoms with Crippen molar-refractivity contribution in [3.05, 3.63) is 48.2 Å². The van der Waals surface area contributed by atoms with Gasteiger partial charge in [0.25, 0.3) is 0 Å². The number of carbonyl (C=O) groups is 1. The number of anilines is 2. The molecule has 1 fully saturated rings. The highest BCUT2D eigenvalue weighted by Gasteiger charge is 2.18. The summed E-state index contributed by atoms with van der Waals surface area (Å²) in [6.07, 6.45) is 2.26. The zero-order valence-corrected chi connectivity index (χ0v) is 14.1. The number of pyridine rings is 1. The van der Waals surface area contributed by atoms with E-state index in [9.17, 15) is 13.6 Å². The van der Waals surface area contributed by atoms with Crippen LogP contribution in [0.3, 0.4) is 0 Å². The van der Waals surface area contributed by atoms with Crippen LogP contribution in [0.1, 0.15) is 5.56 Å². The van der Waals surface area contributed by atoms with Crippen LogP contribution in [-0.2, 0) is 11.3 Å². The van der Waals surface area contributed by atoms with Gasteiger partial charge in [-0.15, -0.1) is 0 Å². The number of hydrogen-bond donors (Lipinski definition) is 1. The average molecular weight is 362 g/mol. The second-order valence-corrected chi connectivity index (χ2v) is 5.95. The molecule has 1 amide bonds. The lowest BCUT2D eigenvalue weighted by atomic mass is 10.2. The quantitative estimate of drug-likeness (QED) is 0.768. The van der Waals surface area contributed by atoms with Gasteiger partial charge in [-0.1, -0.05) is 12.1 Å². The van der Waals surface area contributed by atoms with E-state index in [1.165, 1.54) is 0 Å². The van der Waals surface area contributed by atoms with E-state index in [2.05, 4.69) is 24.8 Å². The van der Waals surface area contributed by atoms with Crippen LogP contribution >= 0.6 is 0 Å². The molecular formula is C18H20F2N4O2. The number of carbonyl (C=O) groups excluding carboxylic acids is 1. The second-order valence-electron chi connectivity index (χ2n) is 5.95. The molecule has 1 aliphatic heterocycles. The Labute approximate surface area is 150 Å². The first-order chi connectivity index (χ1) is 12.6. The number of amides is 1. The van der Waals surface area contributed by atoms with E-state index >= 15 is 0 Å². The summed E-state index contributed by atoms with van der Waals surface area (Å²) < 4.78 is 28.7. The number of nitrogens with one attached hydrogen (secondary N) is 1. The number of ether oxygens (including phenoxy) is 1. The predicted molar refractivity (Wildman–Crippen MR) is 94.5 cm³/mol. The van der Waals surface area contributed by atoms with Gasteiger partial charge in [-0.25, -0.2) is 4.98 Å². The molecule has 2 heterocycles. The summed E-state index contributed by atoms with van der Waals surface area (Å²) in [4.78, 5) is 19.3. The molecule has 26 heavy (non-hydrogen) atoms. The Morgan fingerprint density at radius 1 is 1.12 bits per heavy atom. The molecule has 6 nitrogen and oxygen atoms in total. The maximum absolute atomic E-state index is 12.2. The van der Waals surface area contributed by atoms with Gasteiger partial charge < -0.3 is 15.0 Å². The minimum Gasteiger partial charge on any atom is -0.435 e. The Balaban J connectivity index is 1.49. The number of nitrogens with zero attached hydrogens (tertiary/aromatic N) is 3. The van der Waals surface area contributed by atoms with E-state index < -0.39 is 6.61 Å². The molecule has 0 unspecified atom stereocenters. The van der Waals surface area contributed by atoms with Gasteiger partial charge in [-0.05, 0) is 29.8 Å². The van der Waals surface area contributed by atoms with Crippen molar-refractivity contribution in [2.75, 3.05) is 36.4 Å². The molecule has 1 N–H and O–H groups in total. The van der Waals surface area contributed by atoms with Gasteiger partial charge in [-0.2, -0.15) is 8.78 Å². The third-order valence-corrected chi connectivity index (χ3v) is 4.22. The molecule has 3 rings (SSSR count). The van der Waals surface area contributed by atoms with E-state index in [1.54, 1.807) is 18.3 Å². The molecule has 1 saturated heterocycles. The summed E-state index contributed by atoms with van der Waals surface area (Å²) >= 11 is 0. The summed E-state index contributed by atoms with van der Waals surface area (Å²) in [5, 5.41) is 2.57. The zero-order valence-electron chi connectivity index (χ0n) is 14.1. The first kappa shape index (κ1) is 18.1. The summed E-state index contributed by atoms with van der Waals surface area (Å²) in [6.45, 7) is 1.42. The summed E-state index contributed by atoms with van der Waals surface area (Å²) in [6, 6.07) is 10.5. The molecule has 0 saturated carbocycles. The number of hydrogen-bond acceptors (Lipinski definition) is 5.